The van der Waals surface area contributed by atoms with Crippen molar-refractivity contribution in [2.45, 2.75) is 0 Å². The van der Waals surface area contributed by atoms with E-state index in [0.717, 1.165) is 34.0 Å². The molecule has 0 spiro atoms. The highest BCUT2D eigenvalue weighted by atomic mass is 19.2. The predicted molar refractivity (Wildman–Crippen MR) is 84.2 cm³/mol. The van der Waals surface area contributed by atoms with Crippen molar-refractivity contribution in [1.82, 2.24) is 0 Å². The summed E-state index contributed by atoms with van der Waals surface area (Å²) >= 11 is 0. The predicted octanol–water partition coefficient (Wildman–Crippen LogP) is 4.82. The topological polar surface area (TPSA) is 26.3 Å². The van der Waals surface area contributed by atoms with E-state index in [1.165, 1.54) is 6.07 Å². The summed E-state index contributed by atoms with van der Waals surface area (Å²) in [5.41, 5.74) is 2.08. The van der Waals surface area contributed by atoms with Crippen molar-refractivity contribution < 1.29 is 18.3 Å². The van der Waals surface area contributed by atoms with Crippen LogP contribution in [0.2, 0.25) is 0 Å². The maximum Gasteiger partial charge on any atom is 0.343 e. The number of carbonyl (C=O) groups is 1. The van der Waals surface area contributed by atoms with Gasteiger partial charge in [0.2, 0.25) is 0 Å². The molecule has 0 atom stereocenters. The molecule has 3 aromatic rings. The monoisotopic (exact) mass is 308 g/mol. The molecule has 0 unspecified atom stereocenters. The molecule has 4 heteroatoms. The summed E-state index contributed by atoms with van der Waals surface area (Å²) in [6, 6.07) is 12.2. The first-order valence-corrected chi connectivity index (χ1v) is 7.04. The summed E-state index contributed by atoms with van der Waals surface area (Å²) in [4.78, 5) is 12.2. The highest BCUT2D eigenvalue weighted by molar-refractivity contribution is 6.07. The molecule has 0 saturated heterocycles. The van der Waals surface area contributed by atoms with Crippen LogP contribution in [-0.4, -0.2) is 5.97 Å². The number of carbonyl (C=O) groups excluding carboxylic acids is 1. The van der Waals surface area contributed by atoms with Crippen molar-refractivity contribution in [2.75, 3.05) is 0 Å². The van der Waals surface area contributed by atoms with E-state index in [2.05, 4.69) is 0 Å². The van der Waals surface area contributed by atoms with E-state index in [-0.39, 0.29) is 5.56 Å². The summed E-state index contributed by atoms with van der Waals surface area (Å²) in [5, 5.41) is 1.82. The molecule has 0 N–H and O–H groups in total. The average Bonchev–Trinajstić information content (AvgIpc) is 2.97. The SMILES string of the molecule is O=C(Oc1ccc2c3c(cccc13)C=C2)c1ccc(F)c(F)c1. The Kier molecular flexibility index (Phi) is 2.98. The molecule has 0 radical (unpaired) electrons. The van der Waals surface area contributed by atoms with Crippen LogP contribution < -0.4 is 4.74 Å². The van der Waals surface area contributed by atoms with Crippen molar-refractivity contribution in [3.05, 3.63) is 76.9 Å². The summed E-state index contributed by atoms with van der Waals surface area (Å²) in [5.74, 6) is -2.42. The molecule has 112 valence electrons. The summed E-state index contributed by atoms with van der Waals surface area (Å²) < 4.78 is 31.6. The second-order valence-corrected chi connectivity index (χ2v) is 5.27. The Labute approximate surface area is 130 Å². The Morgan fingerprint density at radius 2 is 1.65 bits per heavy atom. The Bertz CT molecular complexity index is 978. The third-order valence-electron chi connectivity index (χ3n) is 3.87. The lowest BCUT2D eigenvalue weighted by molar-refractivity contribution is 0.0736. The van der Waals surface area contributed by atoms with E-state index in [0.29, 0.717) is 5.75 Å². The van der Waals surface area contributed by atoms with Gasteiger partial charge >= 0.3 is 5.97 Å². The van der Waals surface area contributed by atoms with Gasteiger partial charge in [-0.2, -0.15) is 0 Å². The number of benzene rings is 3. The number of halogens is 2. The lowest BCUT2D eigenvalue weighted by atomic mass is 10.0. The Balaban J connectivity index is 1.74. The van der Waals surface area contributed by atoms with Crippen LogP contribution in [0.1, 0.15) is 21.5 Å². The third kappa shape index (κ3) is 2.19. The van der Waals surface area contributed by atoms with Crippen LogP contribution in [0.25, 0.3) is 22.9 Å². The highest BCUT2D eigenvalue weighted by Gasteiger charge is 2.16. The molecule has 0 heterocycles. The fourth-order valence-electron chi connectivity index (χ4n) is 2.76. The van der Waals surface area contributed by atoms with Crippen LogP contribution >= 0.6 is 0 Å². The minimum atomic E-state index is -1.08. The first kappa shape index (κ1) is 13.6. The lowest BCUT2D eigenvalue weighted by Crippen LogP contribution is -2.09. The van der Waals surface area contributed by atoms with Crippen LogP contribution in [0.5, 0.6) is 5.75 Å². The summed E-state index contributed by atoms with van der Waals surface area (Å²) in [7, 11) is 0. The second kappa shape index (κ2) is 5.02. The van der Waals surface area contributed by atoms with Crippen molar-refractivity contribution in [1.29, 1.82) is 0 Å². The van der Waals surface area contributed by atoms with Gasteiger partial charge in [-0.15, -0.1) is 0 Å². The normalized spacial score (nSPS) is 11.9. The van der Waals surface area contributed by atoms with Gasteiger partial charge in [0.15, 0.2) is 11.6 Å². The molecule has 1 aliphatic rings. The van der Waals surface area contributed by atoms with E-state index in [1.807, 2.05) is 36.4 Å². The molecule has 2 nitrogen and oxygen atoms in total. The van der Waals surface area contributed by atoms with Gasteiger partial charge in [-0.1, -0.05) is 36.4 Å². The van der Waals surface area contributed by atoms with Gasteiger partial charge < -0.3 is 4.74 Å². The maximum atomic E-state index is 13.3. The zero-order valence-electron chi connectivity index (χ0n) is 11.8. The molecule has 0 saturated carbocycles. The molecule has 1 aliphatic carbocycles. The number of ether oxygens (including phenoxy) is 1. The van der Waals surface area contributed by atoms with Gasteiger partial charge in [0.1, 0.15) is 5.75 Å². The van der Waals surface area contributed by atoms with E-state index in [9.17, 15) is 13.6 Å². The van der Waals surface area contributed by atoms with Crippen LogP contribution in [0.15, 0.2) is 48.5 Å². The van der Waals surface area contributed by atoms with Gasteiger partial charge in [0, 0.05) is 5.39 Å². The molecular formula is C19H10F2O2. The standard InChI is InChI=1S/C19H10F2O2/c20-15-8-6-13(10-16(15)21)19(22)23-17-9-7-12-5-4-11-2-1-3-14(17)18(11)12/h1-10H. The molecule has 0 bridgehead atoms. The van der Waals surface area contributed by atoms with Gasteiger partial charge in [0.05, 0.1) is 5.56 Å². The Morgan fingerprint density at radius 3 is 2.43 bits per heavy atom. The molecule has 0 fully saturated rings. The van der Waals surface area contributed by atoms with Crippen molar-refractivity contribution in [3.8, 4) is 5.75 Å². The van der Waals surface area contributed by atoms with E-state index in [1.54, 1.807) is 6.07 Å². The number of rotatable bonds is 2. The summed E-state index contributed by atoms with van der Waals surface area (Å²) in [6.45, 7) is 0. The van der Waals surface area contributed by atoms with Gasteiger partial charge in [0.25, 0.3) is 0 Å². The van der Waals surface area contributed by atoms with E-state index >= 15 is 0 Å². The van der Waals surface area contributed by atoms with Gasteiger partial charge in [-0.25, -0.2) is 13.6 Å². The summed E-state index contributed by atoms with van der Waals surface area (Å²) in [6.07, 6.45) is 4.00. The Hall–Kier alpha value is -3.01. The highest BCUT2D eigenvalue weighted by Crippen LogP contribution is 2.36. The molecule has 23 heavy (non-hydrogen) atoms. The zero-order chi connectivity index (χ0) is 16.0. The number of hydrogen-bond acceptors (Lipinski definition) is 2. The number of hydrogen-bond donors (Lipinski definition) is 0. The first-order chi connectivity index (χ1) is 11.1. The molecule has 0 amide bonds. The van der Waals surface area contributed by atoms with Gasteiger partial charge in [-0.3, -0.25) is 0 Å². The largest absolute Gasteiger partial charge is 0.422 e. The fraction of sp³-hybridized carbons (Fsp3) is 0. The molecule has 0 aliphatic heterocycles. The van der Waals surface area contributed by atoms with Crippen molar-refractivity contribution >= 4 is 28.9 Å². The van der Waals surface area contributed by atoms with Gasteiger partial charge in [-0.05, 0) is 40.8 Å². The van der Waals surface area contributed by atoms with E-state index < -0.39 is 17.6 Å². The van der Waals surface area contributed by atoms with Crippen LogP contribution in [0.3, 0.4) is 0 Å². The minimum absolute atomic E-state index is 0.0368. The third-order valence-corrected chi connectivity index (χ3v) is 3.87. The second-order valence-electron chi connectivity index (χ2n) is 5.27. The molecular weight excluding hydrogens is 298 g/mol. The van der Waals surface area contributed by atoms with Crippen LogP contribution in [0, 0.1) is 11.6 Å². The first-order valence-electron chi connectivity index (χ1n) is 7.04. The minimum Gasteiger partial charge on any atom is -0.422 e. The average molecular weight is 308 g/mol. The quantitative estimate of drug-likeness (QED) is 0.392. The van der Waals surface area contributed by atoms with Crippen molar-refractivity contribution in [2.24, 2.45) is 0 Å². The van der Waals surface area contributed by atoms with Crippen LogP contribution in [0.4, 0.5) is 8.78 Å². The maximum absolute atomic E-state index is 13.3. The van der Waals surface area contributed by atoms with Crippen molar-refractivity contribution in [3.63, 3.8) is 0 Å². The molecule has 4 rings (SSSR count). The smallest absolute Gasteiger partial charge is 0.343 e. The lowest BCUT2D eigenvalue weighted by Gasteiger charge is -2.10. The number of esters is 1. The van der Waals surface area contributed by atoms with Crippen LogP contribution in [-0.2, 0) is 0 Å². The molecule has 3 aromatic carbocycles. The Morgan fingerprint density at radius 1 is 0.870 bits per heavy atom. The fourth-order valence-corrected chi connectivity index (χ4v) is 2.76. The molecule has 0 aromatic heterocycles. The van der Waals surface area contributed by atoms with E-state index in [4.69, 9.17) is 4.74 Å². The zero-order valence-corrected chi connectivity index (χ0v) is 11.8.